The number of esters is 1. The Balaban J connectivity index is 1.30. The molecule has 1 aliphatic carbocycles. The maximum atomic E-state index is 12.8. The Morgan fingerprint density at radius 2 is 1.86 bits per heavy atom. The molecule has 3 atom stereocenters. The van der Waals surface area contributed by atoms with Crippen molar-refractivity contribution in [3.63, 3.8) is 0 Å². The maximum Gasteiger partial charge on any atom is 0.354 e. The molecule has 2 aliphatic heterocycles. The van der Waals surface area contributed by atoms with Crippen molar-refractivity contribution in [2.45, 2.75) is 19.0 Å². The molecule has 11 heteroatoms. The summed E-state index contributed by atoms with van der Waals surface area (Å²) in [6.45, 7) is 6.35. The van der Waals surface area contributed by atoms with Gasteiger partial charge in [0.15, 0.2) is 0 Å². The third-order valence-corrected chi connectivity index (χ3v) is 7.09. The molecule has 3 aliphatic rings. The summed E-state index contributed by atoms with van der Waals surface area (Å²) < 4.78 is 6.75. The summed E-state index contributed by atoms with van der Waals surface area (Å²) in [6, 6.07) is 8.31. The van der Waals surface area contributed by atoms with Gasteiger partial charge in [0.2, 0.25) is 0 Å². The van der Waals surface area contributed by atoms with Crippen molar-refractivity contribution in [3.05, 3.63) is 52.6 Å². The summed E-state index contributed by atoms with van der Waals surface area (Å²) in [4.78, 5) is 45.7. The molecule has 4 N–H and O–H groups in total. The summed E-state index contributed by atoms with van der Waals surface area (Å²) in [5.41, 5.74) is 6.98. The molecular formula is C24H31N7O4. The standard InChI is InChI=1S/C24H31N7O4/c1-2-35-22(32)21(30-13-17-18(14-30)20(17)25)15-3-5-16(6-4-15)31-10-7-19(28-24(31)34)27-23(33)29-11-8-26-9-12-29/h3-7,10,17-18,20-21,26H,2,8-9,11-14,25H2,1H3,(H,27,28,33,34). The third kappa shape index (κ3) is 4.79. The van der Waals surface area contributed by atoms with E-state index in [4.69, 9.17) is 10.5 Å². The van der Waals surface area contributed by atoms with Crippen molar-refractivity contribution in [1.29, 1.82) is 0 Å². The van der Waals surface area contributed by atoms with E-state index in [1.54, 1.807) is 36.2 Å². The van der Waals surface area contributed by atoms with Gasteiger partial charge in [0.25, 0.3) is 0 Å². The van der Waals surface area contributed by atoms with E-state index in [9.17, 15) is 14.4 Å². The fourth-order valence-electron chi connectivity index (χ4n) is 5.08. The average molecular weight is 482 g/mol. The number of rotatable bonds is 6. The van der Waals surface area contributed by atoms with Crippen LogP contribution in [0.1, 0.15) is 18.5 Å². The molecule has 2 aromatic rings. The van der Waals surface area contributed by atoms with Crippen LogP contribution in [0.15, 0.2) is 41.3 Å². The van der Waals surface area contributed by atoms with Gasteiger partial charge in [0.1, 0.15) is 11.9 Å². The smallest absolute Gasteiger partial charge is 0.354 e. The topological polar surface area (TPSA) is 135 Å². The van der Waals surface area contributed by atoms with Gasteiger partial charge < -0.3 is 20.7 Å². The van der Waals surface area contributed by atoms with Crippen LogP contribution >= 0.6 is 0 Å². The van der Waals surface area contributed by atoms with Crippen LogP contribution in [0.25, 0.3) is 5.69 Å². The van der Waals surface area contributed by atoms with Gasteiger partial charge in [0.05, 0.1) is 12.3 Å². The van der Waals surface area contributed by atoms with E-state index < -0.39 is 11.7 Å². The van der Waals surface area contributed by atoms with Gasteiger partial charge in [-0.1, -0.05) is 12.1 Å². The molecule has 0 spiro atoms. The number of hydrogen-bond donors (Lipinski definition) is 3. The highest BCUT2D eigenvalue weighted by atomic mass is 16.5. The lowest BCUT2D eigenvalue weighted by Crippen LogP contribution is -2.48. The highest BCUT2D eigenvalue weighted by Crippen LogP contribution is 2.46. The van der Waals surface area contributed by atoms with Gasteiger partial charge in [-0.15, -0.1) is 0 Å². The summed E-state index contributed by atoms with van der Waals surface area (Å²) in [6.07, 6.45) is 1.58. The van der Waals surface area contributed by atoms with Crippen LogP contribution < -0.4 is 22.1 Å². The Labute approximate surface area is 203 Å². The molecule has 35 heavy (non-hydrogen) atoms. The molecule has 5 rings (SSSR count). The molecule has 11 nitrogen and oxygen atoms in total. The number of nitrogens with two attached hydrogens (primary N) is 1. The predicted molar refractivity (Wildman–Crippen MR) is 129 cm³/mol. The first-order valence-corrected chi connectivity index (χ1v) is 12.1. The molecule has 3 fully saturated rings. The largest absolute Gasteiger partial charge is 0.465 e. The van der Waals surface area contributed by atoms with E-state index in [0.717, 1.165) is 31.7 Å². The molecular weight excluding hydrogens is 450 g/mol. The predicted octanol–water partition coefficient (Wildman–Crippen LogP) is 0.163. The fraction of sp³-hybridized carbons (Fsp3) is 0.500. The molecule has 1 saturated carbocycles. The van der Waals surface area contributed by atoms with Crippen LogP contribution in [0.4, 0.5) is 10.6 Å². The molecule has 2 amide bonds. The summed E-state index contributed by atoms with van der Waals surface area (Å²) in [5.74, 6) is 0.820. The zero-order valence-corrected chi connectivity index (χ0v) is 19.7. The maximum absolute atomic E-state index is 12.8. The number of fused-ring (bicyclic) bond motifs is 1. The summed E-state index contributed by atoms with van der Waals surface area (Å²) in [7, 11) is 0. The van der Waals surface area contributed by atoms with Crippen LogP contribution in [0, 0.1) is 11.8 Å². The lowest BCUT2D eigenvalue weighted by Gasteiger charge is -2.28. The Morgan fingerprint density at radius 1 is 1.17 bits per heavy atom. The van der Waals surface area contributed by atoms with Crippen molar-refractivity contribution in [1.82, 2.24) is 24.7 Å². The number of piperidine rings is 1. The number of likely N-dealkylation sites (tertiary alicyclic amines) is 1. The molecule has 3 unspecified atom stereocenters. The molecule has 2 saturated heterocycles. The SMILES string of the molecule is CCOC(=O)C(c1ccc(-n2ccc(NC(=O)N3CCNCC3)nc2=O)cc1)N1CC2C(N)C2C1. The number of aromatic nitrogens is 2. The van der Waals surface area contributed by atoms with E-state index in [-0.39, 0.29) is 23.9 Å². The van der Waals surface area contributed by atoms with Crippen LogP contribution in [-0.4, -0.2) is 83.3 Å². The third-order valence-electron chi connectivity index (χ3n) is 7.09. The second-order valence-corrected chi connectivity index (χ2v) is 9.24. The molecule has 3 heterocycles. The average Bonchev–Trinajstić information content (AvgIpc) is 3.25. The normalized spacial score (nSPS) is 24.5. The zero-order chi connectivity index (χ0) is 24.5. The number of hydrogen-bond acceptors (Lipinski definition) is 8. The number of ether oxygens (including phenoxy) is 1. The Kier molecular flexibility index (Phi) is 6.54. The van der Waals surface area contributed by atoms with Crippen molar-refractivity contribution in [2.75, 3.05) is 51.2 Å². The van der Waals surface area contributed by atoms with Gasteiger partial charge in [-0.3, -0.25) is 14.8 Å². The molecule has 1 aromatic heterocycles. The first-order chi connectivity index (χ1) is 17.0. The lowest BCUT2D eigenvalue weighted by molar-refractivity contribution is -0.149. The first-order valence-electron chi connectivity index (χ1n) is 12.1. The quantitative estimate of drug-likeness (QED) is 0.497. The highest BCUT2D eigenvalue weighted by molar-refractivity contribution is 5.88. The van der Waals surface area contributed by atoms with Gasteiger partial charge in [-0.25, -0.2) is 14.4 Å². The number of carbonyl (C=O) groups excluding carboxylic acids is 2. The number of anilines is 1. The van der Waals surface area contributed by atoms with Crippen molar-refractivity contribution in [3.8, 4) is 5.69 Å². The molecule has 0 bridgehead atoms. The highest BCUT2D eigenvalue weighted by Gasteiger charge is 2.55. The number of benzene rings is 1. The van der Waals surface area contributed by atoms with Crippen LogP contribution in [-0.2, 0) is 9.53 Å². The number of urea groups is 1. The van der Waals surface area contributed by atoms with Crippen molar-refractivity contribution >= 4 is 17.8 Å². The summed E-state index contributed by atoms with van der Waals surface area (Å²) >= 11 is 0. The van der Waals surface area contributed by atoms with Crippen LogP contribution in [0.3, 0.4) is 0 Å². The number of nitrogens with one attached hydrogen (secondary N) is 2. The molecule has 0 radical (unpaired) electrons. The fourth-order valence-corrected chi connectivity index (χ4v) is 5.08. The minimum absolute atomic E-state index is 0.208. The monoisotopic (exact) mass is 481 g/mol. The zero-order valence-electron chi connectivity index (χ0n) is 19.7. The first kappa shape index (κ1) is 23.5. The van der Waals surface area contributed by atoms with Crippen LogP contribution in [0.2, 0.25) is 0 Å². The van der Waals surface area contributed by atoms with E-state index >= 15 is 0 Å². The van der Waals surface area contributed by atoms with Gasteiger partial charge >= 0.3 is 17.7 Å². The number of nitrogens with zero attached hydrogens (tertiary/aromatic N) is 4. The van der Waals surface area contributed by atoms with Gasteiger partial charge in [-0.05, 0) is 42.5 Å². The molecule has 186 valence electrons. The van der Waals surface area contributed by atoms with Gasteiger partial charge in [-0.2, -0.15) is 4.98 Å². The van der Waals surface area contributed by atoms with Crippen molar-refractivity contribution in [2.24, 2.45) is 17.6 Å². The number of carbonyl (C=O) groups is 2. The lowest BCUT2D eigenvalue weighted by atomic mass is 10.0. The van der Waals surface area contributed by atoms with Gasteiger partial charge in [0, 0.05) is 51.5 Å². The second kappa shape index (κ2) is 9.76. The van der Waals surface area contributed by atoms with Crippen molar-refractivity contribution < 1.29 is 14.3 Å². The van der Waals surface area contributed by atoms with E-state index in [1.165, 1.54) is 4.57 Å². The second-order valence-electron chi connectivity index (χ2n) is 9.24. The molecule has 1 aromatic carbocycles. The summed E-state index contributed by atoms with van der Waals surface area (Å²) in [5, 5.41) is 5.88. The number of piperazine rings is 1. The minimum Gasteiger partial charge on any atom is -0.465 e. The van der Waals surface area contributed by atoms with E-state index in [2.05, 4.69) is 20.5 Å². The van der Waals surface area contributed by atoms with Crippen LogP contribution in [0.5, 0.6) is 0 Å². The Bertz CT molecular complexity index is 1130. The van der Waals surface area contributed by atoms with E-state index in [0.29, 0.717) is 37.2 Å². The minimum atomic E-state index is -0.508. The number of amides is 2. The Hall–Kier alpha value is -3.28. The Morgan fingerprint density at radius 3 is 2.49 bits per heavy atom. The van der Waals surface area contributed by atoms with E-state index in [1.807, 2.05) is 12.1 Å².